The first-order valence-electron chi connectivity index (χ1n) is 10.1. The number of rotatable bonds is 12. The summed E-state index contributed by atoms with van der Waals surface area (Å²) in [5.74, 6) is 0.783. The summed E-state index contributed by atoms with van der Waals surface area (Å²) < 4.78 is 5.41. The lowest BCUT2D eigenvalue weighted by Crippen LogP contribution is -2.46. The number of ether oxygens (including phenoxy) is 1. The highest BCUT2D eigenvalue weighted by Gasteiger charge is 2.24. The second kappa shape index (κ2) is 10.5. The molecule has 2 aromatic rings. The van der Waals surface area contributed by atoms with E-state index in [1.54, 1.807) is 13.3 Å². The maximum absolute atomic E-state index is 11.0. The molecule has 1 aromatic heterocycles. The molecule has 0 amide bonds. The van der Waals surface area contributed by atoms with Crippen LogP contribution in [0.5, 0.6) is 5.75 Å². The second-order valence-electron chi connectivity index (χ2n) is 7.58. The minimum atomic E-state index is -0.828. The van der Waals surface area contributed by atoms with Crippen LogP contribution >= 0.6 is 0 Å². The molecule has 0 bridgehead atoms. The van der Waals surface area contributed by atoms with E-state index in [0.717, 1.165) is 48.3 Å². The number of unbranched alkanes of at least 4 members (excludes halogenated alkanes) is 2. The van der Waals surface area contributed by atoms with E-state index in [1.807, 2.05) is 31.2 Å². The highest BCUT2D eigenvalue weighted by atomic mass is 16.5. The molecule has 2 rings (SSSR count). The molecule has 1 aromatic carbocycles. The number of fused-ring (bicyclic) bond motifs is 1. The van der Waals surface area contributed by atoms with E-state index in [2.05, 4.69) is 29.0 Å². The fourth-order valence-electron chi connectivity index (χ4n) is 3.27. The van der Waals surface area contributed by atoms with Crippen molar-refractivity contribution < 1.29 is 9.84 Å². The first kappa shape index (κ1) is 21.5. The molecular formula is C22H35N3O2. The van der Waals surface area contributed by atoms with Crippen molar-refractivity contribution in [1.82, 2.24) is 9.88 Å². The monoisotopic (exact) mass is 373 g/mol. The molecule has 0 saturated carbocycles. The molecule has 0 aliphatic rings. The van der Waals surface area contributed by atoms with Gasteiger partial charge in [0.1, 0.15) is 5.75 Å². The van der Waals surface area contributed by atoms with Crippen molar-refractivity contribution in [2.75, 3.05) is 38.6 Å². The number of benzene rings is 1. The van der Waals surface area contributed by atoms with Gasteiger partial charge in [-0.2, -0.15) is 0 Å². The van der Waals surface area contributed by atoms with Crippen LogP contribution in [0.15, 0.2) is 30.5 Å². The Morgan fingerprint density at radius 2 is 1.89 bits per heavy atom. The van der Waals surface area contributed by atoms with Crippen LogP contribution in [0.25, 0.3) is 10.9 Å². The normalized spacial score (nSPS) is 13.7. The summed E-state index contributed by atoms with van der Waals surface area (Å²) in [4.78, 5) is 6.87. The topological polar surface area (TPSA) is 57.6 Å². The smallest absolute Gasteiger partial charge is 0.121 e. The van der Waals surface area contributed by atoms with Gasteiger partial charge in [-0.05, 0) is 45.0 Å². The van der Waals surface area contributed by atoms with Crippen LogP contribution in [0.4, 0.5) is 5.69 Å². The van der Waals surface area contributed by atoms with Gasteiger partial charge >= 0.3 is 0 Å². The summed E-state index contributed by atoms with van der Waals surface area (Å²) in [5, 5.41) is 15.4. The van der Waals surface area contributed by atoms with Crippen molar-refractivity contribution in [2.45, 2.75) is 52.1 Å². The third-order valence-electron chi connectivity index (χ3n) is 4.79. The van der Waals surface area contributed by atoms with E-state index >= 15 is 0 Å². The Morgan fingerprint density at radius 1 is 1.19 bits per heavy atom. The van der Waals surface area contributed by atoms with Crippen molar-refractivity contribution in [3.05, 3.63) is 30.5 Å². The van der Waals surface area contributed by atoms with E-state index in [0.29, 0.717) is 13.1 Å². The third-order valence-corrected chi connectivity index (χ3v) is 4.79. The van der Waals surface area contributed by atoms with Gasteiger partial charge < -0.3 is 20.1 Å². The van der Waals surface area contributed by atoms with Gasteiger partial charge in [-0.15, -0.1) is 0 Å². The molecule has 0 saturated heterocycles. The maximum atomic E-state index is 11.0. The molecule has 0 aliphatic carbocycles. The molecular weight excluding hydrogens is 338 g/mol. The van der Waals surface area contributed by atoms with E-state index in [9.17, 15) is 5.11 Å². The minimum Gasteiger partial charge on any atom is -0.497 e. The van der Waals surface area contributed by atoms with Crippen LogP contribution in [0, 0.1) is 0 Å². The summed E-state index contributed by atoms with van der Waals surface area (Å²) in [6, 6.07) is 7.85. The van der Waals surface area contributed by atoms with Gasteiger partial charge in [-0.25, -0.2) is 0 Å². The fourth-order valence-corrected chi connectivity index (χ4v) is 3.27. The van der Waals surface area contributed by atoms with Crippen molar-refractivity contribution in [3.8, 4) is 5.75 Å². The number of nitrogens with one attached hydrogen (secondary N) is 1. The zero-order chi connectivity index (χ0) is 19.7. The lowest BCUT2D eigenvalue weighted by atomic mass is 10.0. The van der Waals surface area contributed by atoms with Gasteiger partial charge in [0.15, 0.2) is 0 Å². The van der Waals surface area contributed by atoms with Gasteiger partial charge in [-0.1, -0.05) is 32.8 Å². The Hall–Kier alpha value is -1.85. The summed E-state index contributed by atoms with van der Waals surface area (Å²) in [6.45, 7) is 9.51. The van der Waals surface area contributed by atoms with Gasteiger partial charge in [0, 0.05) is 30.7 Å². The summed E-state index contributed by atoms with van der Waals surface area (Å²) in [7, 11) is 1.66. The fraction of sp³-hybridized carbons (Fsp3) is 0.591. The number of methoxy groups -OCH3 is 1. The van der Waals surface area contributed by atoms with Crippen molar-refractivity contribution in [3.63, 3.8) is 0 Å². The number of hydrogen-bond acceptors (Lipinski definition) is 5. The first-order chi connectivity index (χ1) is 13.0. The highest BCUT2D eigenvalue weighted by Crippen LogP contribution is 2.28. The zero-order valence-electron chi connectivity index (χ0n) is 17.3. The number of pyridine rings is 1. The molecule has 0 unspecified atom stereocenters. The van der Waals surface area contributed by atoms with Crippen molar-refractivity contribution in [1.29, 1.82) is 0 Å². The molecule has 150 valence electrons. The standard InChI is InChI=1S/C22H35N3O2/c1-5-7-12-25(13-8-6-2)17-22(3,26)16-24-20-15-19(27-4)14-18-10-9-11-23-21(18)20/h9-11,14-15,24,26H,5-8,12-13,16-17H2,1-4H3/t22-/m1/s1. The number of aliphatic hydroxyl groups is 1. The summed E-state index contributed by atoms with van der Waals surface area (Å²) in [6.07, 6.45) is 6.46. The lowest BCUT2D eigenvalue weighted by molar-refractivity contribution is 0.0301. The van der Waals surface area contributed by atoms with Gasteiger partial charge in [0.05, 0.1) is 23.9 Å². The number of nitrogens with zero attached hydrogens (tertiary/aromatic N) is 2. The Bertz CT molecular complexity index is 695. The third kappa shape index (κ3) is 6.67. The largest absolute Gasteiger partial charge is 0.497 e. The average molecular weight is 374 g/mol. The van der Waals surface area contributed by atoms with Crippen molar-refractivity contribution in [2.24, 2.45) is 0 Å². The van der Waals surface area contributed by atoms with Gasteiger partial charge in [0.2, 0.25) is 0 Å². The maximum Gasteiger partial charge on any atom is 0.121 e. The van der Waals surface area contributed by atoms with Crippen LogP contribution in [-0.2, 0) is 0 Å². The average Bonchev–Trinajstić information content (AvgIpc) is 2.67. The number of anilines is 1. The Morgan fingerprint density at radius 3 is 2.52 bits per heavy atom. The molecule has 0 radical (unpaired) electrons. The Balaban J connectivity index is 2.08. The molecule has 1 heterocycles. The van der Waals surface area contributed by atoms with E-state index in [4.69, 9.17) is 4.74 Å². The predicted octanol–water partition coefficient (Wildman–Crippen LogP) is 4.31. The minimum absolute atomic E-state index is 0.459. The van der Waals surface area contributed by atoms with Crippen LogP contribution in [-0.4, -0.2) is 53.9 Å². The van der Waals surface area contributed by atoms with Crippen LogP contribution < -0.4 is 10.1 Å². The molecule has 5 nitrogen and oxygen atoms in total. The Labute approximate surface area is 163 Å². The van der Waals surface area contributed by atoms with Crippen LogP contribution in [0.3, 0.4) is 0 Å². The van der Waals surface area contributed by atoms with Crippen LogP contribution in [0.2, 0.25) is 0 Å². The second-order valence-corrected chi connectivity index (χ2v) is 7.58. The van der Waals surface area contributed by atoms with E-state index in [1.165, 1.54) is 12.8 Å². The van der Waals surface area contributed by atoms with Gasteiger partial charge in [0.25, 0.3) is 0 Å². The SMILES string of the molecule is CCCCN(CCCC)C[C@](C)(O)CNc1cc(OC)cc2cccnc12. The van der Waals surface area contributed by atoms with Crippen molar-refractivity contribution >= 4 is 16.6 Å². The molecule has 2 N–H and O–H groups in total. The quantitative estimate of drug-likeness (QED) is 0.581. The van der Waals surface area contributed by atoms with E-state index in [-0.39, 0.29) is 0 Å². The number of aromatic nitrogens is 1. The predicted molar refractivity (Wildman–Crippen MR) is 114 cm³/mol. The molecule has 1 atom stereocenters. The first-order valence-corrected chi connectivity index (χ1v) is 10.1. The molecule has 5 heteroatoms. The molecule has 27 heavy (non-hydrogen) atoms. The summed E-state index contributed by atoms with van der Waals surface area (Å²) in [5.41, 5.74) is 0.952. The van der Waals surface area contributed by atoms with E-state index < -0.39 is 5.60 Å². The molecule has 0 aliphatic heterocycles. The zero-order valence-corrected chi connectivity index (χ0v) is 17.3. The van der Waals surface area contributed by atoms with Gasteiger partial charge in [-0.3, -0.25) is 4.98 Å². The molecule has 0 fully saturated rings. The number of hydrogen-bond donors (Lipinski definition) is 2. The lowest BCUT2D eigenvalue weighted by Gasteiger charge is -2.32. The van der Waals surface area contributed by atoms with Crippen LogP contribution in [0.1, 0.15) is 46.5 Å². The summed E-state index contributed by atoms with van der Waals surface area (Å²) >= 11 is 0. The molecule has 0 spiro atoms. The highest BCUT2D eigenvalue weighted by molar-refractivity contribution is 5.91. The Kier molecular flexibility index (Phi) is 8.32.